The third kappa shape index (κ3) is 5.14. The molecule has 1 amide bonds. The summed E-state index contributed by atoms with van der Waals surface area (Å²) in [6, 6.07) is 2.64. The molecule has 2 aromatic rings. The van der Waals surface area contributed by atoms with Gasteiger partial charge >= 0.3 is 12.8 Å². The number of ether oxygens (including phenoxy) is 1. The molecule has 0 unspecified atom stereocenters. The predicted octanol–water partition coefficient (Wildman–Crippen LogP) is 5.20. The third-order valence-corrected chi connectivity index (χ3v) is 4.52. The highest BCUT2D eigenvalue weighted by Gasteiger charge is 2.42. The quantitative estimate of drug-likeness (QED) is 0.601. The van der Waals surface area contributed by atoms with Gasteiger partial charge in [-0.3, -0.25) is 9.48 Å². The number of benzene rings is 1. The first kappa shape index (κ1) is 21.3. The molecule has 1 aromatic heterocycles. The normalized spacial score (nSPS) is 14.3. The Labute approximate surface area is 165 Å². The summed E-state index contributed by atoms with van der Waals surface area (Å²) in [4.78, 5) is 12.1. The lowest BCUT2D eigenvalue weighted by molar-refractivity contribution is -0.141. The van der Waals surface area contributed by atoms with Crippen LogP contribution in [0, 0.1) is 5.82 Å². The number of alkyl halides is 5. The monoisotopic (exact) mass is 441 g/mol. The number of aromatic nitrogens is 2. The van der Waals surface area contributed by atoms with E-state index in [1.54, 1.807) is 0 Å². The molecule has 1 fully saturated rings. The summed E-state index contributed by atoms with van der Waals surface area (Å²) in [6.45, 7) is -3.44. The van der Waals surface area contributed by atoms with Crippen LogP contribution in [0.5, 0.6) is 5.75 Å². The summed E-state index contributed by atoms with van der Waals surface area (Å²) in [5.74, 6) is -2.29. The molecule has 1 saturated carbocycles. The Morgan fingerprint density at radius 1 is 1.34 bits per heavy atom. The molecule has 3 rings (SSSR count). The fourth-order valence-corrected chi connectivity index (χ4v) is 3.16. The largest absolute Gasteiger partial charge is 0.436 e. The second-order valence-electron chi connectivity index (χ2n) is 6.36. The smallest absolute Gasteiger partial charge is 0.432 e. The molecular formula is C17H14ClF6N3O2. The Kier molecular flexibility index (Phi) is 5.97. The van der Waals surface area contributed by atoms with Crippen LogP contribution in [0.3, 0.4) is 0 Å². The number of rotatable bonds is 7. The van der Waals surface area contributed by atoms with Crippen LogP contribution in [0.25, 0.3) is 0 Å². The minimum atomic E-state index is -4.73. The Bertz CT molecular complexity index is 911. The second kappa shape index (κ2) is 8.13. The highest BCUT2D eigenvalue weighted by Crippen LogP contribution is 2.46. The van der Waals surface area contributed by atoms with Crippen LogP contribution < -0.4 is 10.1 Å². The highest BCUT2D eigenvalue weighted by molar-refractivity contribution is 6.32. The SMILES string of the molecule is O=C(CCn1nc(C(F)(F)F)c(Cl)c1C1CC1)Nc1ccc(F)cc1OC(F)F. The molecule has 158 valence electrons. The van der Waals surface area contributed by atoms with Crippen molar-refractivity contribution in [3.63, 3.8) is 0 Å². The summed E-state index contributed by atoms with van der Waals surface area (Å²) < 4.78 is 82.4. The first-order valence-electron chi connectivity index (χ1n) is 8.44. The van der Waals surface area contributed by atoms with Crippen molar-refractivity contribution in [1.82, 2.24) is 9.78 Å². The molecule has 0 aliphatic heterocycles. The van der Waals surface area contributed by atoms with Gasteiger partial charge in [0.1, 0.15) is 5.82 Å². The molecule has 12 heteroatoms. The number of aryl methyl sites for hydroxylation is 1. The molecule has 1 aromatic carbocycles. The number of carbonyl (C=O) groups is 1. The number of anilines is 1. The van der Waals surface area contributed by atoms with E-state index < -0.39 is 41.0 Å². The number of carbonyl (C=O) groups excluding carboxylic acids is 1. The zero-order chi connectivity index (χ0) is 21.3. The van der Waals surface area contributed by atoms with Gasteiger partial charge in [-0.15, -0.1) is 0 Å². The second-order valence-corrected chi connectivity index (χ2v) is 6.74. The first-order chi connectivity index (χ1) is 13.6. The molecule has 0 radical (unpaired) electrons. The van der Waals surface area contributed by atoms with E-state index in [9.17, 15) is 31.1 Å². The average molecular weight is 442 g/mol. The van der Waals surface area contributed by atoms with Gasteiger partial charge in [-0.25, -0.2) is 4.39 Å². The Hall–Kier alpha value is -2.43. The summed E-state index contributed by atoms with van der Waals surface area (Å²) in [7, 11) is 0. The Morgan fingerprint density at radius 2 is 2.03 bits per heavy atom. The number of hydrogen-bond acceptors (Lipinski definition) is 3. The first-order valence-corrected chi connectivity index (χ1v) is 8.81. The molecule has 0 atom stereocenters. The van der Waals surface area contributed by atoms with Crippen molar-refractivity contribution in [2.75, 3.05) is 5.32 Å². The lowest BCUT2D eigenvalue weighted by Gasteiger charge is -2.12. The van der Waals surface area contributed by atoms with E-state index in [2.05, 4.69) is 15.2 Å². The van der Waals surface area contributed by atoms with E-state index in [4.69, 9.17) is 11.6 Å². The van der Waals surface area contributed by atoms with Crippen LogP contribution in [0.1, 0.15) is 36.6 Å². The van der Waals surface area contributed by atoms with E-state index in [1.165, 1.54) is 0 Å². The molecule has 1 aliphatic rings. The number of halogens is 7. The average Bonchev–Trinajstić information content (AvgIpc) is 3.37. The van der Waals surface area contributed by atoms with Crippen LogP contribution in [-0.2, 0) is 17.5 Å². The van der Waals surface area contributed by atoms with E-state index in [-0.39, 0.29) is 30.3 Å². The van der Waals surface area contributed by atoms with Crippen LogP contribution in [0.2, 0.25) is 5.02 Å². The van der Waals surface area contributed by atoms with Gasteiger partial charge in [-0.1, -0.05) is 11.6 Å². The van der Waals surface area contributed by atoms with E-state index in [1.807, 2.05) is 0 Å². The summed E-state index contributed by atoms with van der Waals surface area (Å²) in [6.07, 6.45) is -3.72. The molecule has 0 saturated heterocycles. The summed E-state index contributed by atoms with van der Waals surface area (Å²) in [5, 5.41) is 5.29. The van der Waals surface area contributed by atoms with Crippen molar-refractivity contribution in [3.8, 4) is 5.75 Å². The Morgan fingerprint density at radius 3 is 2.62 bits per heavy atom. The van der Waals surface area contributed by atoms with E-state index in [0.29, 0.717) is 18.9 Å². The third-order valence-electron chi connectivity index (χ3n) is 4.15. The highest BCUT2D eigenvalue weighted by atomic mass is 35.5. The van der Waals surface area contributed by atoms with Gasteiger partial charge in [-0.2, -0.15) is 27.1 Å². The van der Waals surface area contributed by atoms with Crippen LogP contribution in [0.15, 0.2) is 18.2 Å². The molecule has 5 nitrogen and oxygen atoms in total. The maximum absolute atomic E-state index is 13.2. The summed E-state index contributed by atoms with van der Waals surface area (Å²) >= 11 is 5.85. The van der Waals surface area contributed by atoms with E-state index >= 15 is 0 Å². The van der Waals surface area contributed by atoms with Gasteiger partial charge in [0.05, 0.1) is 22.9 Å². The van der Waals surface area contributed by atoms with Gasteiger partial charge in [-0.05, 0) is 25.0 Å². The molecule has 1 N–H and O–H groups in total. The zero-order valence-corrected chi connectivity index (χ0v) is 15.3. The lowest BCUT2D eigenvalue weighted by Crippen LogP contribution is -2.17. The molecule has 0 spiro atoms. The fourth-order valence-electron chi connectivity index (χ4n) is 2.76. The van der Waals surface area contributed by atoms with E-state index in [0.717, 1.165) is 16.8 Å². The maximum Gasteiger partial charge on any atom is 0.436 e. The maximum atomic E-state index is 13.2. The van der Waals surface area contributed by atoms with Crippen molar-refractivity contribution in [3.05, 3.63) is 40.4 Å². The van der Waals surface area contributed by atoms with Crippen LogP contribution in [-0.4, -0.2) is 22.3 Å². The van der Waals surface area contributed by atoms with Crippen molar-refractivity contribution in [1.29, 1.82) is 0 Å². The van der Waals surface area contributed by atoms with Gasteiger partial charge in [0.2, 0.25) is 5.91 Å². The molecule has 29 heavy (non-hydrogen) atoms. The van der Waals surface area contributed by atoms with Crippen LogP contribution >= 0.6 is 11.6 Å². The minimum Gasteiger partial charge on any atom is -0.432 e. The lowest BCUT2D eigenvalue weighted by atomic mass is 10.2. The topological polar surface area (TPSA) is 56.2 Å². The van der Waals surface area contributed by atoms with Crippen molar-refractivity contribution in [2.24, 2.45) is 0 Å². The number of nitrogens with one attached hydrogen (secondary N) is 1. The van der Waals surface area contributed by atoms with Crippen molar-refractivity contribution < 1.29 is 35.9 Å². The standard InChI is InChI=1S/C17H14ClF6N3O2/c18-13-14(8-1-2-8)27(26-15(13)17(22,23)24)6-5-12(28)25-10-4-3-9(19)7-11(10)29-16(20)21/h3-4,7-8,16H,1-2,5-6H2,(H,25,28). The number of nitrogens with zero attached hydrogens (tertiary/aromatic N) is 2. The van der Waals surface area contributed by atoms with Crippen molar-refractivity contribution >= 4 is 23.2 Å². The molecule has 1 heterocycles. The fraction of sp³-hybridized carbons (Fsp3) is 0.412. The number of amides is 1. The van der Waals surface area contributed by atoms with Gasteiger partial charge in [0.25, 0.3) is 0 Å². The zero-order valence-electron chi connectivity index (χ0n) is 14.6. The van der Waals surface area contributed by atoms with Gasteiger partial charge in [0, 0.05) is 18.4 Å². The predicted molar refractivity (Wildman–Crippen MR) is 90.5 cm³/mol. The summed E-state index contributed by atoms with van der Waals surface area (Å²) in [5.41, 5.74) is -1.20. The van der Waals surface area contributed by atoms with Gasteiger partial charge in [0.15, 0.2) is 11.4 Å². The number of hydrogen-bond donors (Lipinski definition) is 1. The van der Waals surface area contributed by atoms with Gasteiger partial charge < -0.3 is 10.1 Å². The molecular weight excluding hydrogens is 428 g/mol. The Balaban J connectivity index is 1.72. The minimum absolute atomic E-state index is 0.155. The van der Waals surface area contributed by atoms with Crippen LogP contribution in [0.4, 0.5) is 32.0 Å². The molecule has 0 bridgehead atoms. The van der Waals surface area contributed by atoms with Crippen molar-refractivity contribution in [2.45, 2.75) is 44.5 Å². The molecule has 1 aliphatic carbocycles.